The van der Waals surface area contributed by atoms with Crippen LogP contribution in [0.25, 0.3) is 0 Å². The van der Waals surface area contributed by atoms with E-state index in [1.165, 1.54) is 37.8 Å². The Morgan fingerprint density at radius 3 is 2.88 bits per heavy atom. The standard InChI is InChI=1S/C20H32N4O.HI/c1-3-24-10-4-5-18(24)13-23-20(21)22-12-17-9-6-15(2)11-19(17)25-14-16-7-8-16;/h6,9,11,16,18H,3-5,7-8,10,12-14H2,1-2H3,(H3,21,22,23);1H. The van der Waals surface area contributed by atoms with E-state index in [4.69, 9.17) is 10.5 Å². The Morgan fingerprint density at radius 1 is 1.35 bits per heavy atom. The van der Waals surface area contributed by atoms with E-state index in [9.17, 15) is 0 Å². The van der Waals surface area contributed by atoms with Crippen LogP contribution >= 0.6 is 24.0 Å². The fraction of sp³-hybridized carbons (Fsp3) is 0.650. The topological polar surface area (TPSA) is 62.9 Å². The summed E-state index contributed by atoms with van der Waals surface area (Å²) >= 11 is 0. The molecule has 3 rings (SSSR count). The van der Waals surface area contributed by atoms with Crippen molar-refractivity contribution in [3.63, 3.8) is 0 Å². The van der Waals surface area contributed by atoms with E-state index in [1.54, 1.807) is 0 Å². The number of hydrogen-bond acceptors (Lipinski definition) is 3. The van der Waals surface area contributed by atoms with Crippen molar-refractivity contribution in [3.05, 3.63) is 29.3 Å². The Bertz CT molecular complexity index is 603. The van der Waals surface area contributed by atoms with Gasteiger partial charge in [-0.1, -0.05) is 19.1 Å². The number of aryl methyl sites for hydroxylation is 1. The number of nitrogens with one attached hydrogen (secondary N) is 1. The summed E-state index contributed by atoms with van der Waals surface area (Å²) in [6.07, 6.45) is 5.12. The number of hydrogen-bond donors (Lipinski definition) is 2. The van der Waals surface area contributed by atoms with Crippen LogP contribution in [0.1, 0.15) is 43.7 Å². The van der Waals surface area contributed by atoms with Gasteiger partial charge in [0, 0.05) is 18.2 Å². The second-order valence-corrected chi connectivity index (χ2v) is 7.37. The molecule has 1 heterocycles. The van der Waals surface area contributed by atoms with Gasteiger partial charge in [0.25, 0.3) is 0 Å². The summed E-state index contributed by atoms with van der Waals surface area (Å²) in [5.41, 5.74) is 8.40. The third kappa shape index (κ3) is 6.30. The first-order chi connectivity index (χ1) is 12.2. The van der Waals surface area contributed by atoms with Gasteiger partial charge in [0.1, 0.15) is 5.75 Å². The van der Waals surface area contributed by atoms with Crippen LogP contribution in [0.2, 0.25) is 0 Å². The monoisotopic (exact) mass is 472 g/mol. The highest BCUT2D eigenvalue weighted by Crippen LogP contribution is 2.30. The zero-order chi connectivity index (χ0) is 17.6. The van der Waals surface area contributed by atoms with Gasteiger partial charge in [0.15, 0.2) is 5.96 Å². The molecule has 26 heavy (non-hydrogen) atoms. The van der Waals surface area contributed by atoms with Crippen LogP contribution in [-0.2, 0) is 6.54 Å². The van der Waals surface area contributed by atoms with Gasteiger partial charge in [-0.3, -0.25) is 4.90 Å². The summed E-state index contributed by atoms with van der Waals surface area (Å²) in [7, 11) is 0. The first-order valence-corrected chi connectivity index (χ1v) is 9.66. The molecule has 146 valence electrons. The number of aliphatic imine (C=N–C) groups is 1. The van der Waals surface area contributed by atoms with Gasteiger partial charge in [-0.05, 0) is 63.2 Å². The molecule has 0 aromatic heterocycles. The van der Waals surface area contributed by atoms with Gasteiger partial charge >= 0.3 is 0 Å². The summed E-state index contributed by atoms with van der Waals surface area (Å²) in [4.78, 5) is 7.03. The van der Waals surface area contributed by atoms with Crippen LogP contribution < -0.4 is 15.8 Å². The largest absolute Gasteiger partial charge is 0.493 e. The lowest BCUT2D eigenvalue weighted by molar-refractivity contribution is 0.267. The van der Waals surface area contributed by atoms with Gasteiger partial charge in [0.2, 0.25) is 0 Å². The van der Waals surface area contributed by atoms with E-state index in [-0.39, 0.29) is 24.0 Å². The summed E-state index contributed by atoms with van der Waals surface area (Å²) in [5.74, 6) is 2.23. The summed E-state index contributed by atoms with van der Waals surface area (Å²) in [5, 5.41) is 3.30. The van der Waals surface area contributed by atoms with Crippen molar-refractivity contribution in [1.82, 2.24) is 10.2 Å². The lowest BCUT2D eigenvalue weighted by Gasteiger charge is -2.23. The molecule has 0 amide bonds. The lowest BCUT2D eigenvalue weighted by Crippen LogP contribution is -2.42. The molecular weight excluding hydrogens is 439 g/mol. The van der Waals surface area contributed by atoms with Gasteiger partial charge in [-0.25, -0.2) is 4.99 Å². The second kappa shape index (κ2) is 10.3. The maximum Gasteiger partial charge on any atom is 0.188 e. The van der Waals surface area contributed by atoms with Crippen LogP contribution in [0, 0.1) is 12.8 Å². The van der Waals surface area contributed by atoms with Crippen LogP contribution in [0.3, 0.4) is 0 Å². The highest BCUT2D eigenvalue weighted by Gasteiger charge is 2.23. The summed E-state index contributed by atoms with van der Waals surface area (Å²) in [6.45, 7) is 8.87. The fourth-order valence-electron chi connectivity index (χ4n) is 3.41. The minimum atomic E-state index is 0. The number of nitrogens with zero attached hydrogens (tertiary/aromatic N) is 2. The first-order valence-electron chi connectivity index (χ1n) is 9.66. The van der Waals surface area contributed by atoms with Crippen molar-refractivity contribution in [2.75, 3.05) is 26.2 Å². The number of benzene rings is 1. The Morgan fingerprint density at radius 2 is 2.15 bits per heavy atom. The van der Waals surface area contributed by atoms with Crippen LogP contribution in [0.4, 0.5) is 0 Å². The summed E-state index contributed by atoms with van der Waals surface area (Å²) in [6, 6.07) is 6.89. The molecule has 2 aliphatic rings. The van der Waals surface area contributed by atoms with Crippen molar-refractivity contribution in [2.24, 2.45) is 16.6 Å². The smallest absolute Gasteiger partial charge is 0.188 e. The predicted octanol–water partition coefficient (Wildman–Crippen LogP) is 3.29. The molecule has 1 atom stereocenters. The van der Waals surface area contributed by atoms with Crippen LogP contribution in [-0.4, -0.2) is 43.1 Å². The van der Waals surface area contributed by atoms with E-state index >= 15 is 0 Å². The molecule has 0 radical (unpaired) electrons. The average molecular weight is 472 g/mol. The minimum Gasteiger partial charge on any atom is -0.493 e. The maximum atomic E-state index is 6.08. The third-order valence-electron chi connectivity index (χ3n) is 5.24. The van der Waals surface area contributed by atoms with Gasteiger partial charge in [-0.15, -0.1) is 24.0 Å². The van der Waals surface area contributed by atoms with Gasteiger partial charge in [-0.2, -0.15) is 0 Å². The zero-order valence-electron chi connectivity index (χ0n) is 16.0. The number of ether oxygens (including phenoxy) is 1. The molecule has 1 saturated heterocycles. The molecule has 1 unspecified atom stereocenters. The van der Waals surface area contributed by atoms with Gasteiger partial charge < -0.3 is 15.8 Å². The fourth-order valence-corrected chi connectivity index (χ4v) is 3.41. The molecule has 5 nitrogen and oxygen atoms in total. The summed E-state index contributed by atoms with van der Waals surface area (Å²) < 4.78 is 6.01. The molecule has 0 bridgehead atoms. The van der Waals surface area contributed by atoms with E-state index < -0.39 is 0 Å². The number of likely N-dealkylation sites (tertiary alicyclic amines) is 1. The Labute approximate surface area is 174 Å². The van der Waals surface area contributed by atoms with Crippen molar-refractivity contribution in [2.45, 2.75) is 52.1 Å². The highest BCUT2D eigenvalue weighted by molar-refractivity contribution is 14.0. The molecule has 1 saturated carbocycles. The van der Waals surface area contributed by atoms with Crippen LogP contribution in [0.15, 0.2) is 23.2 Å². The number of guanidine groups is 1. The van der Waals surface area contributed by atoms with Crippen LogP contribution in [0.5, 0.6) is 5.75 Å². The number of nitrogens with two attached hydrogens (primary N) is 1. The van der Waals surface area contributed by atoms with Crippen molar-refractivity contribution >= 4 is 29.9 Å². The van der Waals surface area contributed by atoms with Crippen molar-refractivity contribution in [3.8, 4) is 5.75 Å². The van der Waals surface area contributed by atoms with E-state index in [2.05, 4.69) is 47.3 Å². The minimum absolute atomic E-state index is 0. The number of likely N-dealkylation sites (N-methyl/N-ethyl adjacent to an activating group) is 1. The molecule has 1 aliphatic heterocycles. The average Bonchev–Trinajstić information content (AvgIpc) is 3.33. The molecule has 3 N–H and O–H groups in total. The second-order valence-electron chi connectivity index (χ2n) is 7.37. The number of halogens is 1. The lowest BCUT2D eigenvalue weighted by atomic mass is 10.1. The SMILES string of the molecule is CCN1CCCC1CNC(N)=NCc1ccc(C)cc1OCC1CC1.I. The molecule has 1 aliphatic carbocycles. The van der Waals surface area contributed by atoms with Crippen molar-refractivity contribution < 1.29 is 4.74 Å². The Kier molecular flexibility index (Phi) is 8.47. The zero-order valence-corrected chi connectivity index (χ0v) is 18.4. The van der Waals surface area contributed by atoms with Crippen molar-refractivity contribution in [1.29, 1.82) is 0 Å². The maximum absolute atomic E-state index is 6.08. The first kappa shape index (κ1) is 21.3. The molecule has 1 aromatic carbocycles. The normalized spacial score (nSPS) is 20.7. The highest BCUT2D eigenvalue weighted by atomic mass is 127. The van der Waals surface area contributed by atoms with E-state index in [1.807, 2.05) is 0 Å². The third-order valence-corrected chi connectivity index (χ3v) is 5.24. The quantitative estimate of drug-likeness (QED) is 0.346. The molecular formula is C20H33IN4O. The van der Waals surface area contributed by atoms with E-state index in [0.29, 0.717) is 18.5 Å². The Hall–Kier alpha value is -1.02. The van der Waals surface area contributed by atoms with Gasteiger partial charge in [0.05, 0.1) is 13.2 Å². The Balaban J connectivity index is 0.00000243. The molecule has 6 heteroatoms. The molecule has 1 aromatic rings. The number of rotatable bonds is 8. The molecule has 0 spiro atoms. The van der Waals surface area contributed by atoms with E-state index in [0.717, 1.165) is 36.9 Å². The molecule has 2 fully saturated rings. The predicted molar refractivity (Wildman–Crippen MR) is 118 cm³/mol.